The third-order valence-electron chi connectivity index (χ3n) is 4.39. The summed E-state index contributed by atoms with van der Waals surface area (Å²) in [5, 5.41) is 2.20. The van der Waals surface area contributed by atoms with Crippen LogP contribution in [0.15, 0.2) is 48.0 Å². The Morgan fingerprint density at radius 1 is 1.07 bits per heavy atom. The number of urea groups is 1. The molecule has 0 atom stereocenters. The molecule has 1 fully saturated rings. The molecule has 2 aromatic carbocycles. The average molecular weight is 380 g/mol. The van der Waals surface area contributed by atoms with E-state index in [9.17, 15) is 14.4 Å². The largest absolute Gasteiger partial charge is 0.497 e. The SMILES string of the molecule is COc1ccc(CN2C(=O)NC(=O)/C(=C\c3ccc4c(c3)OCO4)C2=O)cc1. The first-order valence-electron chi connectivity index (χ1n) is 8.46. The standard InChI is InChI=1S/C20H16N2O6/c1-26-14-5-2-12(3-6-14)10-22-19(24)15(18(23)21-20(22)25)8-13-4-7-16-17(9-13)28-11-27-16/h2-9H,10-11H2,1H3,(H,21,23,25)/b15-8+. The number of amides is 4. The van der Waals surface area contributed by atoms with E-state index in [4.69, 9.17) is 14.2 Å². The lowest BCUT2D eigenvalue weighted by Gasteiger charge is -2.26. The fourth-order valence-electron chi connectivity index (χ4n) is 2.92. The number of methoxy groups -OCH3 is 1. The molecule has 1 N–H and O–H groups in total. The molecule has 0 aliphatic carbocycles. The highest BCUT2D eigenvalue weighted by Gasteiger charge is 2.35. The maximum atomic E-state index is 12.8. The van der Waals surface area contributed by atoms with Crippen LogP contribution in [-0.2, 0) is 16.1 Å². The number of hydrogen-bond acceptors (Lipinski definition) is 6. The second-order valence-electron chi connectivity index (χ2n) is 6.17. The highest BCUT2D eigenvalue weighted by molar-refractivity contribution is 6.30. The predicted molar refractivity (Wildman–Crippen MR) is 97.6 cm³/mol. The molecule has 4 rings (SSSR count). The smallest absolute Gasteiger partial charge is 0.331 e. The monoisotopic (exact) mass is 380 g/mol. The van der Waals surface area contributed by atoms with Gasteiger partial charge in [-0.3, -0.25) is 19.8 Å². The van der Waals surface area contributed by atoms with E-state index < -0.39 is 17.8 Å². The summed E-state index contributed by atoms with van der Waals surface area (Å²) in [6.07, 6.45) is 1.42. The van der Waals surface area contributed by atoms with Gasteiger partial charge >= 0.3 is 6.03 Å². The fraction of sp³-hybridized carbons (Fsp3) is 0.150. The summed E-state index contributed by atoms with van der Waals surface area (Å²) < 4.78 is 15.7. The van der Waals surface area contributed by atoms with Gasteiger partial charge in [-0.05, 0) is 41.5 Å². The molecule has 28 heavy (non-hydrogen) atoms. The van der Waals surface area contributed by atoms with Gasteiger partial charge in [-0.25, -0.2) is 4.79 Å². The van der Waals surface area contributed by atoms with Crippen LogP contribution in [0.2, 0.25) is 0 Å². The van der Waals surface area contributed by atoms with Gasteiger partial charge in [0, 0.05) is 0 Å². The van der Waals surface area contributed by atoms with Crippen molar-refractivity contribution in [1.29, 1.82) is 0 Å². The highest BCUT2D eigenvalue weighted by Crippen LogP contribution is 2.33. The number of benzene rings is 2. The number of rotatable bonds is 4. The molecule has 2 aromatic rings. The van der Waals surface area contributed by atoms with Crippen molar-refractivity contribution in [2.45, 2.75) is 6.54 Å². The second kappa shape index (κ2) is 7.07. The van der Waals surface area contributed by atoms with Crippen LogP contribution in [0.3, 0.4) is 0 Å². The van der Waals surface area contributed by atoms with Crippen LogP contribution in [-0.4, -0.2) is 36.6 Å². The number of ether oxygens (including phenoxy) is 3. The summed E-state index contributed by atoms with van der Waals surface area (Å²) >= 11 is 0. The second-order valence-corrected chi connectivity index (χ2v) is 6.17. The molecule has 0 unspecified atom stereocenters. The summed E-state index contributed by atoms with van der Waals surface area (Å²) in [6, 6.07) is 11.3. The van der Waals surface area contributed by atoms with Gasteiger partial charge in [-0.1, -0.05) is 18.2 Å². The Morgan fingerprint density at radius 3 is 2.57 bits per heavy atom. The minimum Gasteiger partial charge on any atom is -0.497 e. The molecule has 4 amide bonds. The lowest BCUT2D eigenvalue weighted by molar-refractivity contribution is -0.130. The molecule has 0 bridgehead atoms. The van der Waals surface area contributed by atoms with Crippen LogP contribution in [0.4, 0.5) is 4.79 Å². The van der Waals surface area contributed by atoms with Crippen molar-refractivity contribution in [1.82, 2.24) is 10.2 Å². The maximum Gasteiger partial charge on any atom is 0.331 e. The Hall–Kier alpha value is -3.81. The Morgan fingerprint density at radius 2 is 1.82 bits per heavy atom. The van der Waals surface area contributed by atoms with Gasteiger partial charge in [0.05, 0.1) is 13.7 Å². The summed E-state index contributed by atoms with van der Waals surface area (Å²) in [6.45, 7) is 0.152. The number of imide groups is 2. The van der Waals surface area contributed by atoms with Crippen LogP contribution >= 0.6 is 0 Å². The van der Waals surface area contributed by atoms with Gasteiger partial charge in [-0.15, -0.1) is 0 Å². The average Bonchev–Trinajstić information content (AvgIpc) is 3.17. The molecule has 2 aliphatic heterocycles. The summed E-state index contributed by atoms with van der Waals surface area (Å²) in [5.41, 5.74) is 1.18. The molecule has 1 saturated heterocycles. The lowest BCUT2D eigenvalue weighted by Crippen LogP contribution is -2.53. The highest BCUT2D eigenvalue weighted by atomic mass is 16.7. The first-order chi connectivity index (χ1) is 13.5. The van der Waals surface area contributed by atoms with Crippen LogP contribution in [0.25, 0.3) is 6.08 Å². The molecule has 142 valence electrons. The van der Waals surface area contributed by atoms with Crippen LogP contribution < -0.4 is 19.5 Å². The van der Waals surface area contributed by atoms with E-state index in [0.717, 1.165) is 10.5 Å². The molecule has 2 aliphatic rings. The van der Waals surface area contributed by atoms with Crippen molar-refractivity contribution in [3.05, 3.63) is 59.2 Å². The van der Waals surface area contributed by atoms with E-state index in [1.54, 1.807) is 49.6 Å². The number of fused-ring (bicyclic) bond motifs is 1. The number of carbonyl (C=O) groups excluding carboxylic acids is 3. The van der Waals surface area contributed by atoms with Crippen molar-refractivity contribution >= 4 is 23.9 Å². The summed E-state index contributed by atoms with van der Waals surface area (Å²) in [7, 11) is 1.55. The molecular weight excluding hydrogens is 364 g/mol. The number of hydrogen-bond donors (Lipinski definition) is 1. The molecule has 0 radical (unpaired) electrons. The van der Waals surface area contributed by atoms with Crippen molar-refractivity contribution in [3.8, 4) is 17.2 Å². The third-order valence-corrected chi connectivity index (χ3v) is 4.39. The molecule has 8 nitrogen and oxygen atoms in total. The summed E-state index contributed by atoms with van der Waals surface area (Å²) in [4.78, 5) is 38.2. The van der Waals surface area contributed by atoms with Crippen molar-refractivity contribution in [3.63, 3.8) is 0 Å². The molecule has 2 heterocycles. The molecule has 0 spiro atoms. The molecular formula is C20H16N2O6. The number of nitrogens with zero attached hydrogens (tertiary/aromatic N) is 1. The van der Waals surface area contributed by atoms with E-state index in [0.29, 0.717) is 22.8 Å². The van der Waals surface area contributed by atoms with E-state index in [2.05, 4.69) is 5.32 Å². The van der Waals surface area contributed by atoms with Crippen LogP contribution in [0, 0.1) is 0 Å². The Kier molecular flexibility index (Phi) is 4.44. The van der Waals surface area contributed by atoms with Gasteiger partial charge in [0.2, 0.25) is 6.79 Å². The quantitative estimate of drug-likeness (QED) is 0.645. The predicted octanol–water partition coefficient (Wildman–Crippen LogP) is 2.09. The van der Waals surface area contributed by atoms with Gasteiger partial charge in [0.1, 0.15) is 11.3 Å². The first-order valence-corrected chi connectivity index (χ1v) is 8.46. The zero-order valence-electron chi connectivity index (χ0n) is 14.9. The Balaban J connectivity index is 1.60. The molecule has 8 heteroatoms. The van der Waals surface area contributed by atoms with Crippen molar-refractivity contribution < 1.29 is 28.6 Å². The van der Waals surface area contributed by atoms with Crippen LogP contribution in [0.1, 0.15) is 11.1 Å². The van der Waals surface area contributed by atoms with Crippen molar-refractivity contribution in [2.75, 3.05) is 13.9 Å². The topological polar surface area (TPSA) is 94.2 Å². The van der Waals surface area contributed by atoms with Gasteiger partial charge in [-0.2, -0.15) is 0 Å². The minimum absolute atomic E-state index is 0.0282. The normalized spacial score (nSPS) is 17.1. The number of nitrogens with one attached hydrogen (secondary N) is 1. The van der Waals surface area contributed by atoms with Crippen LogP contribution in [0.5, 0.6) is 17.2 Å². The van der Waals surface area contributed by atoms with E-state index in [-0.39, 0.29) is 18.9 Å². The fourth-order valence-corrected chi connectivity index (χ4v) is 2.92. The van der Waals surface area contributed by atoms with E-state index in [1.807, 2.05) is 0 Å². The number of barbiturate groups is 1. The van der Waals surface area contributed by atoms with E-state index in [1.165, 1.54) is 6.08 Å². The maximum absolute atomic E-state index is 12.8. The zero-order valence-corrected chi connectivity index (χ0v) is 14.9. The minimum atomic E-state index is -0.756. The first kappa shape index (κ1) is 17.6. The van der Waals surface area contributed by atoms with Gasteiger partial charge in [0.25, 0.3) is 11.8 Å². The van der Waals surface area contributed by atoms with Gasteiger partial charge < -0.3 is 14.2 Å². The van der Waals surface area contributed by atoms with Gasteiger partial charge in [0.15, 0.2) is 11.5 Å². The Bertz CT molecular complexity index is 996. The lowest BCUT2D eigenvalue weighted by atomic mass is 10.1. The van der Waals surface area contributed by atoms with E-state index >= 15 is 0 Å². The third kappa shape index (κ3) is 3.27. The summed E-state index contributed by atoms with van der Waals surface area (Å²) in [5.74, 6) is 0.389. The van der Waals surface area contributed by atoms with Crippen molar-refractivity contribution in [2.24, 2.45) is 0 Å². The molecule has 0 saturated carbocycles. The zero-order chi connectivity index (χ0) is 19.7. The Labute approximate surface area is 160 Å². The number of carbonyl (C=O) groups is 3. The molecule has 0 aromatic heterocycles.